The molecule has 2 aromatic rings. The van der Waals surface area contributed by atoms with Gasteiger partial charge in [-0.1, -0.05) is 20.3 Å². The fourth-order valence-corrected chi connectivity index (χ4v) is 1.84. The van der Waals surface area contributed by atoms with Gasteiger partial charge in [-0.15, -0.1) is 0 Å². The Morgan fingerprint density at radius 1 is 1.33 bits per heavy atom. The van der Waals surface area contributed by atoms with E-state index in [1.165, 1.54) is 6.42 Å². The second-order valence-electron chi connectivity index (χ2n) is 4.64. The summed E-state index contributed by atoms with van der Waals surface area (Å²) < 4.78 is 5.24. The molecule has 0 fully saturated rings. The summed E-state index contributed by atoms with van der Waals surface area (Å²) in [5, 5.41) is 5.71. The number of methoxy groups -OCH3 is 1. The van der Waals surface area contributed by atoms with Crippen molar-refractivity contribution in [2.24, 2.45) is 5.92 Å². The van der Waals surface area contributed by atoms with E-state index in [2.05, 4.69) is 30.2 Å². The third-order valence-electron chi connectivity index (χ3n) is 3.29. The van der Waals surface area contributed by atoms with E-state index in [4.69, 9.17) is 4.74 Å². The third-order valence-corrected chi connectivity index (χ3v) is 3.29. The summed E-state index contributed by atoms with van der Waals surface area (Å²) in [5.74, 6) is 2.48. The lowest BCUT2D eigenvalue weighted by molar-refractivity contribution is 0.415. The summed E-state index contributed by atoms with van der Waals surface area (Å²) in [4.78, 5) is 4.42. The molecule has 1 heterocycles. The smallest absolute Gasteiger partial charge is 0.133 e. The van der Waals surface area contributed by atoms with Crippen LogP contribution in [0.25, 0.3) is 10.8 Å². The standard InChI is InChI=1S/C15H20N2O/c1-4-11(2)10-17-15-14-6-5-13(18-3)9-12(14)7-8-16-15/h5-9,11H,4,10H2,1-3H3,(H,16,17). The lowest BCUT2D eigenvalue weighted by Crippen LogP contribution is -2.11. The summed E-state index contributed by atoms with van der Waals surface area (Å²) in [5.41, 5.74) is 0. The predicted octanol–water partition coefficient (Wildman–Crippen LogP) is 3.70. The molecule has 3 heteroatoms. The Morgan fingerprint density at radius 2 is 2.17 bits per heavy atom. The van der Waals surface area contributed by atoms with Gasteiger partial charge in [-0.05, 0) is 35.6 Å². The van der Waals surface area contributed by atoms with E-state index in [-0.39, 0.29) is 0 Å². The van der Waals surface area contributed by atoms with Crippen LogP contribution in [-0.4, -0.2) is 18.6 Å². The van der Waals surface area contributed by atoms with Gasteiger partial charge in [0.1, 0.15) is 11.6 Å². The van der Waals surface area contributed by atoms with Crippen molar-refractivity contribution in [2.45, 2.75) is 20.3 Å². The molecular formula is C15H20N2O. The van der Waals surface area contributed by atoms with E-state index < -0.39 is 0 Å². The number of fused-ring (bicyclic) bond motifs is 1. The molecule has 0 aliphatic carbocycles. The number of rotatable bonds is 5. The van der Waals surface area contributed by atoms with Crippen LogP contribution in [-0.2, 0) is 0 Å². The number of ether oxygens (including phenoxy) is 1. The number of aromatic nitrogens is 1. The first kappa shape index (κ1) is 12.7. The topological polar surface area (TPSA) is 34.2 Å². The minimum atomic E-state index is 0.653. The van der Waals surface area contributed by atoms with Crippen LogP contribution >= 0.6 is 0 Å². The van der Waals surface area contributed by atoms with Crippen molar-refractivity contribution in [3.05, 3.63) is 30.5 Å². The highest BCUT2D eigenvalue weighted by Gasteiger charge is 2.05. The molecule has 0 radical (unpaired) electrons. The van der Waals surface area contributed by atoms with Crippen LogP contribution in [0.15, 0.2) is 30.5 Å². The van der Waals surface area contributed by atoms with Crippen molar-refractivity contribution in [3.8, 4) is 5.75 Å². The fourth-order valence-electron chi connectivity index (χ4n) is 1.84. The Kier molecular flexibility index (Phi) is 4.03. The lowest BCUT2D eigenvalue weighted by Gasteiger charge is -2.12. The Balaban J connectivity index is 2.28. The number of hydrogen-bond acceptors (Lipinski definition) is 3. The molecule has 1 unspecified atom stereocenters. The maximum Gasteiger partial charge on any atom is 0.133 e. The van der Waals surface area contributed by atoms with Crippen molar-refractivity contribution < 1.29 is 4.74 Å². The largest absolute Gasteiger partial charge is 0.497 e. The number of pyridine rings is 1. The van der Waals surface area contributed by atoms with Gasteiger partial charge < -0.3 is 10.1 Å². The quantitative estimate of drug-likeness (QED) is 0.870. The van der Waals surface area contributed by atoms with Gasteiger partial charge in [0.05, 0.1) is 7.11 Å². The first-order chi connectivity index (χ1) is 8.74. The number of anilines is 1. The van der Waals surface area contributed by atoms with Crippen LogP contribution in [0.5, 0.6) is 5.75 Å². The van der Waals surface area contributed by atoms with Crippen LogP contribution in [0.2, 0.25) is 0 Å². The molecule has 2 rings (SSSR count). The third kappa shape index (κ3) is 2.73. The maximum atomic E-state index is 5.24. The van der Waals surface area contributed by atoms with Crippen molar-refractivity contribution in [2.75, 3.05) is 19.0 Å². The van der Waals surface area contributed by atoms with Gasteiger partial charge in [0.2, 0.25) is 0 Å². The first-order valence-corrected chi connectivity index (χ1v) is 6.41. The number of nitrogens with zero attached hydrogens (tertiary/aromatic N) is 1. The summed E-state index contributed by atoms with van der Waals surface area (Å²) in [6.45, 7) is 5.39. The Bertz CT molecular complexity index is 525. The average molecular weight is 244 g/mol. The summed E-state index contributed by atoms with van der Waals surface area (Å²) in [6.07, 6.45) is 3.01. The second-order valence-corrected chi connectivity index (χ2v) is 4.64. The molecule has 18 heavy (non-hydrogen) atoms. The highest BCUT2D eigenvalue weighted by molar-refractivity contribution is 5.92. The minimum absolute atomic E-state index is 0.653. The zero-order valence-electron chi connectivity index (χ0n) is 11.2. The minimum Gasteiger partial charge on any atom is -0.497 e. The van der Waals surface area contributed by atoms with Gasteiger partial charge in [-0.2, -0.15) is 0 Å². The van der Waals surface area contributed by atoms with E-state index in [0.29, 0.717) is 5.92 Å². The van der Waals surface area contributed by atoms with Crippen LogP contribution in [0.1, 0.15) is 20.3 Å². The van der Waals surface area contributed by atoms with Crippen molar-refractivity contribution in [1.82, 2.24) is 4.98 Å². The van der Waals surface area contributed by atoms with Crippen molar-refractivity contribution in [1.29, 1.82) is 0 Å². The number of nitrogens with one attached hydrogen (secondary N) is 1. The molecular weight excluding hydrogens is 224 g/mol. The van der Waals surface area contributed by atoms with E-state index in [0.717, 1.165) is 28.9 Å². The highest BCUT2D eigenvalue weighted by Crippen LogP contribution is 2.25. The fraction of sp³-hybridized carbons (Fsp3) is 0.400. The molecule has 0 saturated heterocycles. The molecule has 0 bridgehead atoms. The Hall–Kier alpha value is -1.77. The van der Waals surface area contributed by atoms with Crippen LogP contribution in [0.3, 0.4) is 0 Å². The molecule has 96 valence electrons. The van der Waals surface area contributed by atoms with Gasteiger partial charge in [-0.3, -0.25) is 0 Å². The summed E-state index contributed by atoms with van der Waals surface area (Å²) in [7, 11) is 1.68. The van der Waals surface area contributed by atoms with Crippen LogP contribution < -0.4 is 10.1 Å². The van der Waals surface area contributed by atoms with Gasteiger partial charge >= 0.3 is 0 Å². The highest BCUT2D eigenvalue weighted by atomic mass is 16.5. The van der Waals surface area contributed by atoms with E-state index in [9.17, 15) is 0 Å². The summed E-state index contributed by atoms with van der Waals surface area (Å²) in [6, 6.07) is 8.07. The Morgan fingerprint density at radius 3 is 2.89 bits per heavy atom. The predicted molar refractivity (Wildman–Crippen MR) is 76.2 cm³/mol. The molecule has 0 aliphatic rings. The molecule has 0 aliphatic heterocycles. The SMILES string of the molecule is CCC(C)CNc1nccc2cc(OC)ccc12. The average Bonchev–Trinajstić information content (AvgIpc) is 2.43. The zero-order chi connectivity index (χ0) is 13.0. The van der Waals surface area contributed by atoms with E-state index >= 15 is 0 Å². The monoisotopic (exact) mass is 244 g/mol. The zero-order valence-corrected chi connectivity index (χ0v) is 11.2. The molecule has 0 saturated carbocycles. The van der Waals surface area contributed by atoms with E-state index in [1.54, 1.807) is 7.11 Å². The molecule has 1 N–H and O–H groups in total. The Labute approximate surface area is 108 Å². The van der Waals surface area contributed by atoms with Crippen LogP contribution in [0, 0.1) is 5.92 Å². The summed E-state index contributed by atoms with van der Waals surface area (Å²) >= 11 is 0. The van der Waals surface area contributed by atoms with Crippen molar-refractivity contribution in [3.63, 3.8) is 0 Å². The first-order valence-electron chi connectivity index (χ1n) is 6.41. The van der Waals surface area contributed by atoms with Gasteiger partial charge in [0.25, 0.3) is 0 Å². The van der Waals surface area contributed by atoms with Gasteiger partial charge in [0.15, 0.2) is 0 Å². The lowest BCUT2D eigenvalue weighted by atomic mass is 10.1. The van der Waals surface area contributed by atoms with Gasteiger partial charge in [0, 0.05) is 18.1 Å². The number of benzene rings is 1. The molecule has 1 atom stereocenters. The number of hydrogen-bond donors (Lipinski definition) is 1. The maximum absolute atomic E-state index is 5.24. The molecule has 0 amide bonds. The van der Waals surface area contributed by atoms with Gasteiger partial charge in [-0.25, -0.2) is 4.98 Å². The molecule has 1 aromatic carbocycles. The molecule has 1 aromatic heterocycles. The van der Waals surface area contributed by atoms with Crippen molar-refractivity contribution >= 4 is 16.6 Å². The van der Waals surface area contributed by atoms with E-state index in [1.807, 2.05) is 24.4 Å². The van der Waals surface area contributed by atoms with Crippen LogP contribution in [0.4, 0.5) is 5.82 Å². The molecule has 0 spiro atoms. The molecule has 3 nitrogen and oxygen atoms in total. The second kappa shape index (κ2) is 5.71. The normalized spacial score (nSPS) is 12.4.